The number of nitriles is 3. The zero-order valence-corrected chi connectivity index (χ0v) is 12.9. The minimum Gasteiger partial charge on any atom is -0.396 e. The van der Waals surface area contributed by atoms with Gasteiger partial charge in [0.2, 0.25) is 0 Å². The average Bonchev–Trinajstić information content (AvgIpc) is 2.56. The van der Waals surface area contributed by atoms with Crippen LogP contribution in [0.5, 0.6) is 0 Å². The first-order valence-corrected chi connectivity index (χ1v) is 6.87. The lowest BCUT2D eigenvalue weighted by Gasteiger charge is -2.44. The number of hydrogen-bond acceptors (Lipinski definition) is 9. The van der Waals surface area contributed by atoms with Crippen LogP contribution in [0.2, 0.25) is 0 Å². The lowest BCUT2D eigenvalue weighted by atomic mass is 9.56. The van der Waals surface area contributed by atoms with Crippen molar-refractivity contribution in [1.82, 2.24) is 0 Å². The van der Waals surface area contributed by atoms with Crippen LogP contribution in [0.15, 0.2) is 0 Å². The van der Waals surface area contributed by atoms with Crippen molar-refractivity contribution in [3.8, 4) is 18.2 Å². The molecule has 0 heterocycles. The Bertz CT molecular complexity index is 582. The maximum absolute atomic E-state index is 12.5. The molecule has 0 aromatic rings. The standard InChI is InChI=1S/C15H17N3O6/c16-4-1-11(22)7-15(12(23)2-5-17,13(24)3-6-18)14(8-19,9-20)10-21/h19-21H,1-3,7-10H2. The zero-order chi connectivity index (χ0) is 18.8. The molecule has 0 bridgehead atoms. The number of aliphatic hydroxyl groups is 3. The van der Waals surface area contributed by atoms with Gasteiger partial charge < -0.3 is 15.3 Å². The van der Waals surface area contributed by atoms with Crippen LogP contribution >= 0.6 is 0 Å². The molecule has 128 valence electrons. The number of ketones is 3. The van der Waals surface area contributed by atoms with E-state index in [0.29, 0.717) is 0 Å². The summed E-state index contributed by atoms with van der Waals surface area (Å²) < 4.78 is 0. The van der Waals surface area contributed by atoms with E-state index in [4.69, 9.17) is 15.8 Å². The number of Topliss-reactive ketones (excluding diaryl/α,β-unsaturated/α-hetero) is 3. The second-order valence-electron chi connectivity index (χ2n) is 5.23. The molecule has 0 saturated carbocycles. The van der Waals surface area contributed by atoms with Crippen LogP contribution in [0.4, 0.5) is 0 Å². The van der Waals surface area contributed by atoms with Gasteiger partial charge >= 0.3 is 0 Å². The zero-order valence-electron chi connectivity index (χ0n) is 12.9. The molecule has 0 aliphatic carbocycles. The molecule has 0 radical (unpaired) electrons. The molecular weight excluding hydrogens is 318 g/mol. The Morgan fingerprint density at radius 2 is 1.12 bits per heavy atom. The van der Waals surface area contributed by atoms with Gasteiger partial charge in [0.15, 0.2) is 11.6 Å². The smallest absolute Gasteiger partial charge is 0.161 e. The molecular formula is C15H17N3O6. The summed E-state index contributed by atoms with van der Waals surface area (Å²) in [5.41, 5.74) is -4.62. The SMILES string of the molecule is N#CCC(=O)CC(C(=O)CC#N)(C(=O)CC#N)C(CO)(CO)CO. The van der Waals surface area contributed by atoms with Crippen molar-refractivity contribution >= 4 is 17.3 Å². The van der Waals surface area contributed by atoms with E-state index in [9.17, 15) is 29.7 Å². The fourth-order valence-electron chi connectivity index (χ4n) is 2.58. The highest BCUT2D eigenvalue weighted by molar-refractivity contribution is 6.12. The minimum atomic E-state index is -2.47. The maximum Gasteiger partial charge on any atom is 0.161 e. The molecule has 0 aliphatic heterocycles. The molecule has 0 rings (SSSR count). The van der Waals surface area contributed by atoms with Crippen LogP contribution in [0.3, 0.4) is 0 Å². The van der Waals surface area contributed by atoms with Crippen molar-refractivity contribution in [3.63, 3.8) is 0 Å². The van der Waals surface area contributed by atoms with E-state index >= 15 is 0 Å². The molecule has 0 aromatic heterocycles. The Kier molecular flexibility index (Phi) is 8.44. The maximum atomic E-state index is 12.5. The van der Waals surface area contributed by atoms with E-state index in [1.165, 1.54) is 12.1 Å². The van der Waals surface area contributed by atoms with Crippen molar-refractivity contribution in [1.29, 1.82) is 15.8 Å². The first-order chi connectivity index (χ1) is 11.3. The van der Waals surface area contributed by atoms with E-state index in [0.717, 1.165) is 0 Å². The van der Waals surface area contributed by atoms with Crippen molar-refractivity contribution in [3.05, 3.63) is 0 Å². The lowest BCUT2D eigenvalue weighted by Crippen LogP contribution is -2.59. The van der Waals surface area contributed by atoms with E-state index in [-0.39, 0.29) is 0 Å². The number of carbonyl (C=O) groups excluding carboxylic acids is 3. The number of rotatable bonds is 11. The highest BCUT2D eigenvalue weighted by atomic mass is 16.3. The summed E-state index contributed by atoms with van der Waals surface area (Å²) in [5, 5.41) is 55.0. The third-order valence-corrected chi connectivity index (χ3v) is 3.98. The molecule has 0 amide bonds. The Morgan fingerprint density at radius 3 is 1.42 bits per heavy atom. The molecule has 3 N–H and O–H groups in total. The van der Waals surface area contributed by atoms with Gasteiger partial charge in [0.1, 0.15) is 11.2 Å². The molecule has 0 spiro atoms. The number of nitrogens with zero attached hydrogens (tertiary/aromatic N) is 3. The quantitative estimate of drug-likeness (QED) is 0.389. The van der Waals surface area contributed by atoms with Gasteiger partial charge in [0, 0.05) is 6.42 Å². The van der Waals surface area contributed by atoms with Gasteiger partial charge in [-0.1, -0.05) is 0 Å². The molecule has 9 heteroatoms. The number of hydrogen-bond donors (Lipinski definition) is 3. The first-order valence-electron chi connectivity index (χ1n) is 6.87. The number of aliphatic hydroxyl groups excluding tert-OH is 3. The third-order valence-electron chi connectivity index (χ3n) is 3.98. The van der Waals surface area contributed by atoms with Crippen molar-refractivity contribution in [2.75, 3.05) is 19.8 Å². The highest BCUT2D eigenvalue weighted by Crippen LogP contribution is 2.45. The summed E-state index contributed by atoms with van der Waals surface area (Å²) in [5.74, 6) is -3.06. The molecule has 0 unspecified atom stereocenters. The molecule has 0 saturated heterocycles. The monoisotopic (exact) mass is 335 g/mol. The van der Waals surface area contributed by atoms with E-state index in [1.54, 1.807) is 6.07 Å². The topological polar surface area (TPSA) is 183 Å². The van der Waals surface area contributed by atoms with Gasteiger partial charge in [-0.2, -0.15) is 15.8 Å². The second-order valence-corrected chi connectivity index (χ2v) is 5.23. The Balaban J connectivity index is 6.54. The molecule has 0 aliphatic rings. The van der Waals surface area contributed by atoms with Crippen LogP contribution in [0.1, 0.15) is 25.7 Å². The van der Waals surface area contributed by atoms with Crippen LogP contribution in [-0.2, 0) is 14.4 Å². The predicted octanol–water partition coefficient (Wildman–Crippen LogP) is -1.23. The Hall–Kier alpha value is -2.64. The lowest BCUT2D eigenvalue weighted by molar-refractivity contribution is -0.165. The summed E-state index contributed by atoms with van der Waals surface area (Å²) in [7, 11) is 0. The predicted molar refractivity (Wildman–Crippen MR) is 76.5 cm³/mol. The molecule has 9 nitrogen and oxygen atoms in total. The van der Waals surface area contributed by atoms with Crippen LogP contribution in [0, 0.1) is 44.8 Å². The number of carbonyl (C=O) groups is 3. The van der Waals surface area contributed by atoms with Gasteiger partial charge in [-0.3, -0.25) is 14.4 Å². The van der Waals surface area contributed by atoms with Crippen LogP contribution in [0.25, 0.3) is 0 Å². The summed E-state index contributed by atoms with van der Waals surface area (Å²) in [6.07, 6.45) is -3.22. The highest BCUT2D eigenvalue weighted by Gasteiger charge is 2.60. The van der Waals surface area contributed by atoms with Crippen LogP contribution in [-0.4, -0.2) is 52.5 Å². The van der Waals surface area contributed by atoms with E-state index in [2.05, 4.69) is 0 Å². The summed E-state index contributed by atoms with van der Waals surface area (Å²) in [6.45, 7) is -3.14. The summed E-state index contributed by atoms with van der Waals surface area (Å²) >= 11 is 0. The van der Waals surface area contributed by atoms with Crippen molar-refractivity contribution < 1.29 is 29.7 Å². The summed E-state index contributed by atoms with van der Waals surface area (Å²) in [4.78, 5) is 37.0. The third kappa shape index (κ3) is 3.81. The van der Waals surface area contributed by atoms with E-state index < -0.39 is 73.7 Å². The molecule has 0 atom stereocenters. The van der Waals surface area contributed by atoms with Crippen molar-refractivity contribution in [2.45, 2.75) is 25.7 Å². The fraction of sp³-hybridized carbons (Fsp3) is 0.600. The minimum absolute atomic E-state index is 0.653. The van der Waals surface area contributed by atoms with Gasteiger partial charge in [-0.15, -0.1) is 0 Å². The van der Waals surface area contributed by atoms with E-state index in [1.807, 2.05) is 0 Å². The Morgan fingerprint density at radius 1 is 0.750 bits per heavy atom. The summed E-state index contributed by atoms with van der Waals surface area (Å²) in [6, 6.07) is 4.57. The van der Waals surface area contributed by atoms with Gasteiger partial charge in [0.25, 0.3) is 0 Å². The average molecular weight is 335 g/mol. The molecule has 0 aromatic carbocycles. The van der Waals surface area contributed by atoms with Gasteiger partial charge in [-0.05, 0) is 0 Å². The van der Waals surface area contributed by atoms with Crippen molar-refractivity contribution in [2.24, 2.45) is 10.8 Å². The Labute approximate surface area is 138 Å². The van der Waals surface area contributed by atoms with Gasteiger partial charge in [0.05, 0.1) is 62.7 Å². The van der Waals surface area contributed by atoms with Crippen LogP contribution < -0.4 is 0 Å². The normalized spacial score (nSPS) is 11.0. The fourth-order valence-corrected chi connectivity index (χ4v) is 2.58. The largest absolute Gasteiger partial charge is 0.396 e. The molecule has 0 fully saturated rings. The first kappa shape index (κ1) is 21.4. The second kappa shape index (κ2) is 9.49. The van der Waals surface area contributed by atoms with Gasteiger partial charge in [-0.25, -0.2) is 0 Å². The molecule has 24 heavy (non-hydrogen) atoms.